The molecular weight excluding hydrogens is 258 g/mol. The summed E-state index contributed by atoms with van der Waals surface area (Å²) in [6.45, 7) is 4.20. The maximum absolute atomic E-state index is 6.38. The second kappa shape index (κ2) is 6.12. The van der Waals surface area contributed by atoms with Gasteiger partial charge in [0.1, 0.15) is 0 Å². The smallest absolute Gasteiger partial charge is 0.0642 e. The van der Waals surface area contributed by atoms with E-state index in [0.717, 1.165) is 22.8 Å². The molecule has 0 saturated carbocycles. The van der Waals surface area contributed by atoms with E-state index < -0.39 is 0 Å². The molecule has 1 aliphatic heterocycles. The van der Waals surface area contributed by atoms with Crippen molar-refractivity contribution in [3.63, 3.8) is 0 Å². The topological polar surface area (TPSA) is 32.5 Å². The highest BCUT2D eigenvalue weighted by atomic mass is 35.5. The van der Waals surface area contributed by atoms with E-state index >= 15 is 0 Å². The highest BCUT2D eigenvalue weighted by Crippen LogP contribution is 2.29. The number of nitrogens with zero attached hydrogens (tertiary/aromatic N) is 2. The summed E-state index contributed by atoms with van der Waals surface area (Å²) in [6.07, 6.45) is 2.57. The minimum Gasteiger partial charge on any atom is -0.372 e. The molecule has 0 bridgehead atoms. The lowest BCUT2D eigenvalue weighted by molar-refractivity contribution is 0.314. The third kappa shape index (κ3) is 3.41. The third-order valence-electron chi connectivity index (χ3n) is 4.06. The quantitative estimate of drug-likeness (QED) is 0.921. The first kappa shape index (κ1) is 14.6. The van der Waals surface area contributed by atoms with Crippen LogP contribution in [-0.2, 0) is 0 Å². The maximum atomic E-state index is 6.38. The summed E-state index contributed by atoms with van der Waals surface area (Å²) in [4.78, 5) is 4.68. The zero-order chi connectivity index (χ0) is 14.0. The van der Waals surface area contributed by atoms with Gasteiger partial charge in [-0.2, -0.15) is 0 Å². The minimum atomic E-state index is 0.0258. The Labute approximate surface area is 121 Å². The van der Waals surface area contributed by atoms with E-state index in [1.54, 1.807) is 0 Å². The Morgan fingerprint density at radius 1 is 1.53 bits per heavy atom. The van der Waals surface area contributed by atoms with Gasteiger partial charge in [-0.1, -0.05) is 17.7 Å². The molecule has 4 heteroatoms. The molecule has 1 aromatic rings. The predicted octanol–water partition coefficient (Wildman–Crippen LogP) is 2.89. The standard InChI is InChI=1S/C15H24ClN3/c1-11(17)12-6-7-15(14(16)9-12)19(3)10-13-5-4-8-18(13)2/h6-7,9,11,13H,4-5,8,10,17H2,1-3H3/t11-,13?/m0/s1. The predicted molar refractivity (Wildman–Crippen MR) is 83.0 cm³/mol. The molecule has 19 heavy (non-hydrogen) atoms. The van der Waals surface area contributed by atoms with Gasteiger partial charge >= 0.3 is 0 Å². The zero-order valence-electron chi connectivity index (χ0n) is 12.1. The fourth-order valence-corrected chi connectivity index (χ4v) is 3.07. The van der Waals surface area contributed by atoms with Gasteiger partial charge in [0.05, 0.1) is 10.7 Å². The van der Waals surface area contributed by atoms with Crippen molar-refractivity contribution in [1.82, 2.24) is 4.90 Å². The number of likely N-dealkylation sites (tertiary alicyclic amines) is 1. The SMILES string of the molecule is C[C@H](N)c1ccc(N(C)CC2CCCN2C)c(Cl)c1. The van der Waals surface area contributed by atoms with Crippen molar-refractivity contribution in [2.75, 3.05) is 32.1 Å². The molecule has 0 spiro atoms. The molecular formula is C15H24ClN3. The van der Waals surface area contributed by atoms with E-state index in [1.807, 2.05) is 13.0 Å². The first-order valence-corrected chi connectivity index (χ1v) is 7.33. The van der Waals surface area contributed by atoms with Crippen molar-refractivity contribution in [3.8, 4) is 0 Å². The Kier molecular flexibility index (Phi) is 4.71. The molecule has 2 N–H and O–H groups in total. The van der Waals surface area contributed by atoms with E-state index in [-0.39, 0.29) is 6.04 Å². The molecule has 1 heterocycles. The Morgan fingerprint density at radius 2 is 2.26 bits per heavy atom. The number of rotatable bonds is 4. The number of anilines is 1. The lowest BCUT2D eigenvalue weighted by Gasteiger charge is -2.28. The molecule has 0 amide bonds. The molecule has 0 aliphatic carbocycles. The monoisotopic (exact) mass is 281 g/mol. The highest BCUT2D eigenvalue weighted by Gasteiger charge is 2.22. The molecule has 0 radical (unpaired) electrons. The van der Waals surface area contributed by atoms with Crippen LogP contribution >= 0.6 is 11.6 Å². The van der Waals surface area contributed by atoms with Gasteiger partial charge in [0.15, 0.2) is 0 Å². The van der Waals surface area contributed by atoms with Crippen LogP contribution in [0.1, 0.15) is 31.4 Å². The molecule has 2 atom stereocenters. The van der Waals surface area contributed by atoms with Crippen molar-refractivity contribution in [2.45, 2.75) is 31.8 Å². The largest absolute Gasteiger partial charge is 0.372 e. The van der Waals surface area contributed by atoms with Gasteiger partial charge in [-0.05, 0) is 51.1 Å². The molecule has 1 aromatic carbocycles. The lowest BCUT2D eigenvalue weighted by Crippen LogP contribution is -2.36. The van der Waals surface area contributed by atoms with E-state index in [4.69, 9.17) is 17.3 Å². The van der Waals surface area contributed by atoms with Gasteiger partial charge in [-0.3, -0.25) is 0 Å². The number of nitrogens with two attached hydrogens (primary N) is 1. The van der Waals surface area contributed by atoms with Gasteiger partial charge in [-0.15, -0.1) is 0 Å². The lowest BCUT2D eigenvalue weighted by atomic mass is 10.1. The van der Waals surface area contributed by atoms with Gasteiger partial charge < -0.3 is 15.5 Å². The first-order valence-electron chi connectivity index (χ1n) is 6.95. The van der Waals surface area contributed by atoms with Crippen molar-refractivity contribution >= 4 is 17.3 Å². The van der Waals surface area contributed by atoms with Crippen LogP contribution in [0.3, 0.4) is 0 Å². The van der Waals surface area contributed by atoms with Gasteiger partial charge in [0.2, 0.25) is 0 Å². The van der Waals surface area contributed by atoms with Crippen LogP contribution in [0.2, 0.25) is 5.02 Å². The Balaban J connectivity index is 2.08. The normalized spacial score (nSPS) is 21.6. The molecule has 1 aliphatic rings. The van der Waals surface area contributed by atoms with E-state index in [1.165, 1.54) is 19.4 Å². The summed E-state index contributed by atoms with van der Waals surface area (Å²) in [5, 5.41) is 0.790. The summed E-state index contributed by atoms with van der Waals surface area (Å²) >= 11 is 6.38. The number of hydrogen-bond acceptors (Lipinski definition) is 3. The highest BCUT2D eigenvalue weighted by molar-refractivity contribution is 6.33. The van der Waals surface area contributed by atoms with Gasteiger partial charge in [-0.25, -0.2) is 0 Å². The van der Waals surface area contributed by atoms with Crippen LogP contribution in [-0.4, -0.2) is 38.1 Å². The maximum Gasteiger partial charge on any atom is 0.0642 e. The molecule has 3 nitrogen and oxygen atoms in total. The third-order valence-corrected chi connectivity index (χ3v) is 4.37. The van der Waals surface area contributed by atoms with Crippen LogP contribution in [0.5, 0.6) is 0 Å². The summed E-state index contributed by atoms with van der Waals surface area (Å²) in [5.41, 5.74) is 8.05. The molecule has 1 saturated heterocycles. The fourth-order valence-electron chi connectivity index (χ4n) is 2.74. The van der Waals surface area contributed by atoms with Crippen molar-refractivity contribution in [1.29, 1.82) is 0 Å². The summed E-state index contributed by atoms with van der Waals surface area (Å²) in [5.74, 6) is 0. The number of hydrogen-bond donors (Lipinski definition) is 1. The van der Waals surface area contributed by atoms with Crippen LogP contribution < -0.4 is 10.6 Å². The van der Waals surface area contributed by atoms with Crippen LogP contribution in [0.25, 0.3) is 0 Å². The van der Waals surface area contributed by atoms with E-state index in [9.17, 15) is 0 Å². The van der Waals surface area contributed by atoms with Crippen molar-refractivity contribution in [3.05, 3.63) is 28.8 Å². The molecule has 106 valence electrons. The summed E-state index contributed by atoms with van der Waals surface area (Å²) in [6, 6.07) is 6.79. The average Bonchev–Trinajstić information content (AvgIpc) is 2.74. The first-order chi connectivity index (χ1) is 8.99. The molecule has 0 aromatic heterocycles. The van der Waals surface area contributed by atoms with Gasteiger partial charge in [0, 0.05) is 25.7 Å². The second-order valence-electron chi connectivity index (χ2n) is 5.66. The Morgan fingerprint density at radius 3 is 2.79 bits per heavy atom. The Hall–Kier alpha value is -0.770. The van der Waals surface area contributed by atoms with Crippen LogP contribution in [0, 0.1) is 0 Å². The number of halogens is 1. The second-order valence-corrected chi connectivity index (χ2v) is 6.06. The zero-order valence-corrected chi connectivity index (χ0v) is 12.8. The fraction of sp³-hybridized carbons (Fsp3) is 0.600. The molecule has 1 fully saturated rings. The summed E-state index contributed by atoms with van der Waals surface area (Å²) < 4.78 is 0. The van der Waals surface area contributed by atoms with Gasteiger partial charge in [0.25, 0.3) is 0 Å². The van der Waals surface area contributed by atoms with E-state index in [2.05, 4.69) is 36.0 Å². The Bertz CT molecular complexity index is 433. The summed E-state index contributed by atoms with van der Waals surface area (Å²) in [7, 11) is 4.31. The van der Waals surface area contributed by atoms with Crippen LogP contribution in [0.4, 0.5) is 5.69 Å². The molecule has 1 unspecified atom stereocenters. The van der Waals surface area contributed by atoms with E-state index in [0.29, 0.717) is 6.04 Å². The minimum absolute atomic E-state index is 0.0258. The van der Waals surface area contributed by atoms with Crippen molar-refractivity contribution in [2.24, 2.45) is 5.73 Å². The van der Waals surface area contributed by atoms with Crippen LogP contribution in [0.15, 0.2) is 18.2 Å². The van der Waals surface area contributed by atoms with Crippen molar-refractivity contribution < 1.29 is 0 Å². The average molecular weight is 282 g/mol. The number of benzene rings is 1. The molecule has 2 rings (SSSR count). The number of likely N-dealkylation sites (N-methyl/N-ethyl adjacent to an activating group) is 2.